The standard InChI is InChI=1S/C12H11N5O/c1-8-9(5-13)3-4-11(15-8)12(18)16-10-6-14-17(2)7-10/h3-4,6-7H,1-2H3,(H,16,18). The van der Waals surface area contributed by atoms with Crippen molar-refractivity contribution in [1.29, 1.82) is 5.26 Å². The molecule has 0 unspecified atom stereocenters. The van der Waals surface area contributed by atoms with Gasteiger partial charge in [-0.05, 0) is 19.1 Å². The minimum absolute atomic E-state index is 0.273. The van der Waals surface area contributed by atoms with Gasteiger partial charge in [0.25, 0.3) is 5.91 Å². The van der Waals surface area contributed by atoms with Gasteiger partial charge in [-0.3, -0.25) is 9.48 Å². The number of aromatic nitrogens is 3. The van der Waals surface area contributed by atoms with Gasteiger partial charge in [0.1, 0.15) is 11.8 Å². The molecule has 0 saturated carbocycles. The van der Waals surface area contributed by atoms with Crippen LogP contribution in [0.5, 0.6) is 0 Å². The Morgan fingerprint density at radius 2 is 2.28 bits per heavy atom. The molecule has 90 valence electrons. The predicted molar refractivity (Wildman–Crippen MR) is 64.9 cm³/mol. The van der Waals surface area contributed by atoms with Crippen molar-refractivity contribution in [3.05, 3.63) is 41.5 Å². The summed E-state index contributed by atoms with van der Waals surface area (Å²) in [7, 11) is 1.76. The lowest BCUT2D eigenvalue weighted by Crippen LogP contribution is -2.14. The highest BCUT2D eigenvalue weighted by molar-refractivity contribution is 6.02. The number of hydrogen-bond donors (Lipinski definition) is 1. The Labute approximate surface area is 104 Å². The highest BCUT2D eigenvalue weighted by Gasteiger charge is 2.10. The molecule has 0 aliphatic rings. The second kappa shape index (κ2) is 4.67. The molecule has 6 nitrogen and oxygen atoms in total. The van der Waals surface area contributed by atoms with E-state index in [1.165, 1.54) is 6.07 Å². The molecule has 2 aromatic rings. The summed E-state index contributed by atoms with van der Waals surface area (Å²) in [5.74, 6) is -0.324. The number of nitriles is 1. The van der Waals surface area contributed by atoms with Gasteiger partial charge in [0.05, 0.1) is 23.1 Å². The Kier molecular flexibility index (Phi) is 3.06. The van der Waals surface area contributed by atoms with E-state index >= 15 is 0 Å². The van der Waals surface area contributed by atoms with E-state index in [-0.39, 0.29) is 11.6 Å². The van der Waals surface area contributed by atoms with Crippen molar-refractivity contribution in [3.8, 4) is 6.07 Å². The summed E-state index contributed by atoms with van der Waals surface area (Å²) >= 11 is 0. The van der Waals surface area contributed by atoms with Gasteiger partial charge in [-0.15, -0.1) is 0 Å². The third kappa shape index (κ3) is 2.35. The monoisotopic (exact) mass is 241 g/mol. The van der Waals surface area contributed by atoms with E-state index in [1.807, 2.05) is 6.07 Å². The fourth-order valence-electron chi connectivity index (χ4n) is 1.49. The molecule has 0 atom stereocenters. The second-order valence-corrected chi connectivity index (χ2v) is 3.80. The number of rotatable bonds is 2. The maximum Gasteiger partial charge on any atom is 0.274 e. The molecule has 0 fully saturated rings. The molecule has 6 heteroatoms. The lowest BCUT2D eigenvalue weighted by atomic mass is 10.2. The van der Waals surface area contributed by atoms with Crippen LogP contribution in [-0.4, -0.2) is 20.7 Å². The molecular formula is C12H11N5O. The quantitative estimate of drug-likeness (QED) is 0.857. The highest BCUT2D eigenvalue weighted by Crippen LogP contribution is 2.09. The topological polar surface area (TPSA) is 83.6 Å². The summed E-state index contributed by atoms with van der Waals surface area (Å²) in [6, 6.07) is 5.12. The van der Waals surface area contributed by atoms with Gasteiger partial charge >= 0.3 is 0 Å². The van der Waals surface area contributed by atoms with Gasteiger partial charge in [-0.2, -0.15) is 10.4 Å². The van der Waals surface area contributed by atoms with E-state index in [0.717, 1.165) is 0 Å². The normalized spacial score (nSPS) is 9.83. The number of hydrogen-bond acceptors (Lipinski definition) is 4. The van der Waals surface area contributed by atoms with E-state index < -0.39 is 0 Å². The van der Waals surface area contributed by atoms with Crippen LogP contribution in [0, 0.1) is 18.3 Å². The van der Waals surface area contributed by atoms with Crippen LogP contribution in [0.2, 0.25) is 0 Å². The molecule has 0 saturated heterocycles. The average molecular weight is 241 g/mol. The summed E-state index contributed by atoms with van der Waals surface area (Å²) in [4.78, 5) is 16.0. The van der Waals surface area contributed by atoms with Gasteiger partial charge in [0.15, 0.2) is 0 Å². The third-order valence-electron chi connectivity index (χ3n) is 2.40. The zero-order chi connectivity index (χ0) is 13.1. The molecule has 0 radical (unpaired) electrons. The minimum atomic E-state index is -0.324. The largest absolute Gasteiger partial charge is 0.318 e. The van der Waals surface area contributed by atoms with E-state index in [4.69, 9.17) is 5.26 Å². The van der Waals surface area contributed by atoms with Crippen LogP contribution in [-0.2, 0) is 7.05 Å². The van der Waals surface area contributed by atoms with Gasteiger partial charge in [-0.25, -0.2) is 4.98 Å². The van der Waals surface area contributed by atoms with Crippen molar-refractivity contribution in [2.75, 3.05) is 5.32 Å². The van der Waals surface area contributed by atoms with E-state index in [2.05, 4.69) is 15.4 Å². The van der Waals surface area contributed by atoms with Crippen LogP contribution in [0.15, 0.2) is 24.5 Å². The Morgan fingerprint density at radius 1 is 1.50 bits per heavy atom. The zero-order valence-electron chi connectivity index (χ0n) is 10.0. The SMILES string of the molecule is Cc1nc(C(=O)Nc2cnn(C)c2)ccc1C#N. The number of carbonyl (C=O) groups is 1. The summed E-state index contributed by atoms with van der Waals surface area (Å²) in [5.41, 5.74) is 1.88. The van der Waals surface area contributed by atoms with Crippen molar-refractivity contribution in [2.24, 2.45) is 7.05 Å². The fraction of sp³-hybridized carbons (Fsp3) is 0.167. The first-order valence-corrected chi connectivity index (χ1v) is 5.28. The zero-order valence-corrected chi connectivity index (χ0v) is 10.0. The second-order valence-electron chi connectivity index (χ2n) is 3.80. The first-order valence-electron chi connectivity index (χ1n) is 5.28. The molecule has 2 heterocycles. The molecule has 0 aromatic carbocycles. The molecule has 1 N–H and O–H groups in total. The highest BCUT2D eigenvalue weighted by atomic mass is 16.1. The van der Waals surface area contributed by atoms with Crippen LogP contribution in [0.3, 0.4) is 0 Å². The van der Waals surface area contributed by atoms with Crippen molar-refractivity contribution >= 4 is 11.6 Å². The summed E-state index contributed by atoms with van der Waals surface area (Å²) < 4.78 is 1.59. The number of amides is 1. The van der Waals surface area contributed by atoms with Crippen LogP contribution >= 0.6 is 0 Å². The van der Waals surface area contributed by atoms with Crippen molar-refractivity contribution in [1.82, 2.24) is 14.8 Å². The first-order chi connectivity index (χ1) is 8.60. The molecular weight excluding hydrogens is 230 g/mol. The molecule has 0 spiro atoms. The number of pyridine rings is 1. The molecule has 0 aliphatic heterocycles. The number of aryl methyl sites for hydroxylation is 2. The Balaban J connectivity index is 2.19. The minimum Gasteiger partial charge on any atom is -0.318 e. The number of nitrogens with one attached hydrogen (secondary N) is 1. The Hall–Kier alpha value is -2.68. The molecule has 0 bridgehead atoms. The predicted octanol–water partition coefficient (Wildman–Crippen LogP) is 1.25. The van der Waals surface area contributed by atoms with E-state index in [9.17, 15) is 4.79 Å². The van der Waals surface area contributed by atoms with Crippen molar-refractivity contribution in [3.63, 3.8) is 0 Å². The summed E-state index contributed by atoms with van der Waals surface area (Å²) in [5, 5.41) is 15.4. The number of nitrogens with zero attached hydrogens (tertiary/aromatic N) is 4. The Bertz CT molecular complexity index is 638. The lowest BCUT2D eigenvalue weighted by molar-refractivity contribution is 0.102. The average Bonchev–Trinajstić information content (AvgIpc) is 2.74. The van der Waals surface area contributed by atoms with Gasteiger partial charge < -0.3 is 5.32 Å². The molecule has 2 aromatic heterocycles. The van der Waals surface area contributed by atoms with Gasteiger partial charge in [-0.1, -0.05) is 0 Å². The van der Waals surface area contributed by atoms with Crippen molar-refractivity contribution < 1.29 is 4.79 Å². The Morgan fingerprint density at radius 3 is 2.83 bits per heavy atom. The summed E-state index contributed by atoms with van der Waals surface area (Å²) in [6.45, 7) is 1.69. The maximum absolute atomic E-state index is 11.9. The number of anilines is 1. The number of carbonyl (C=O) groups excluding carboxylic acids is 1. The van der Waals surface area contributed by atoms with Gasteiger partial charge in [0, 0.05) is 13.2 Å². The van der Waals surface area contributed by atoms with Crippen LogP contribution in [0.25, 0.3) is 0 Å². The molecule has 18 heavy (non-hydrogen) atoms. The van der Waals surface area contributed by atoms with Crippen LogP contribution < -0.4 is 5.32 Å². The summed E-state index contributed by atoms with van der Waals surface area (Å²) in [6.07, 6.45) is 3.24. The van der Waals surface area contributed by atoms with Gasteiger partial charge in [0.2, 0.25) is 0 Å². The third-order valence-corrected chi connectivity index (χ3v) is 2.40. The molecule has 2 rings (SSSR count). The smallest absolute Gasteiger partial charge is 0.274 e. The fourth-order valence-corrected chi connectivity index (χ4v) is 1.49. The van der Waals surface area contributed by atoms with E-state index in [1.54, 1.807) is 37.1 Å². The van der Waals surface area contributed by atoms with Crippen LogP contribution in [0.4, 0.5) is 5.69 Å². The lowest BCUT2D eigenvalue weighted by Gasteiger charge is -2.03. The van der Waals surface area contributed by atoms with Crippen molar-refractivity contribution in [2.45, 2.75) is 6.92 Å². The van der Waals surface area contributed by atoms with E-state index in [0.29, 0.717) is 16.9 Å². The molecule has 1 amide bonds. The maximum atomic E-state index is 11.9. The first kappa shape index (κ1) is 11.8. The molecule has 0 aliphatic carbocycles. The van der Waals surface area contributed by atoms with Crippen LogP contribution in [0.1, 0.15) is 21.7 Å².